The quantitative estimate of drug-likeness (QED) is 0.304. The third-order valence-electron chi connectivity index (χ3n) is 7.25. The Morgan fingerprint density at radius 1 is 0.886 bits per heavy atom. The van der Waals surface area contributed by atoms with E-state index in [2.05, 4.69) is 58.9 Å². The number of ketones is 1. The van der Waals surface area contributed by atoms with Gasteiger partial charge in [-0.3, -0.25) is 4.79 Å². The molecule has 4 nitrogen and oxygen atoms in total. The lowest BCUT2D eigenvalue weighted by molar-refractivity contribution is 0.0693. The van der Waals surface area contributed by atoms with Gasteiger partial charge in [-0.05, 0) is 88.8 Å². The van der Waals surface area contributed by atoms with Crippen LogP contribution in [0.3, 0.4) is 0 Å². The van der Waals surface area contributed by atoms with Gasteiger partial charge in [-0.2, -0.15) is 0 Å². The number of hydrogen-bond donors (Lipinski definition) is 2. The maximum Gasteiger partial charge on any atom is 0.339 e. The molecule has 0 unspecified atom stereocenters. The number of carboxylic acids is 1. The van der Waals surface area contributed by atoms with Gasteiger partial charge < -0.3 is 10.2 Å². The van der Waals surface area contributed by atoms with Crippen LogP contribution in [0.5, 0.6) is 5.75 Å². The Hall–Kier alpha value is -3.66. The van der Waals surface area contributed by atoms with Crippen LogP contribution in [0.15, 0.2) is 60.7 Å². The molecule has 0 spiro atoms. The van der Waals surface area contributed by atoms with Crippen molar-refractivity contribution in [3.05, 3.63) is 94.1 Å². The second-order valence-electron chi connectivity index (χ2n) is 10.9. The predicted molar refractivity (Wildman–Crippen MR) is 140 cm³/mol. The first-order valence-electron chi connectivity index (χ1n) is 11.9. The molecule has 4 heteroatoms. The summed E-state index contributed by atoms with van der Waals surface area (Å²) < 4.78 is 0. The highest BCUT2D eigenvalue weighted by atomic mass is 16.4. The zero-order valence-electron chi connectivity index (χ0n) is 21.0. The lowest BCUT2D eigenvalue weighted by Gasteiger charge is -2.43. The van der Waals surface area contributed by atoms with Crippen LogP contribution in [0.1, 0.15) is 83.5 Å². The van der Waals surface area contributed by atoms with Crippen molar-refractivity contribution in [1.29, 1.82) is 0 Å². The molecule has 0 saturated heterocycles. The van der Waals surface area contributed by atoms with Crippen molar-refractivity contribution in [2.75, 3.05) is 0 Å². The summed E-state index contributed by atoms with van der Waals surface area (Å²) in [4.78, 5) is 24.5. The van der Waals surface area contributed by atoms with Crippen molar-refractivity contribution in [3.8, 4) is 16.9 Å². The molecule has 0 fully saturated rings. The maximum absolute atomic E-state index is 13.3. The smallest absolute Gasteiger partial charge is 0.339 e. The summed E-state index contributed by atoms with van der Waals surface area (Å²) in [5.74, 6) is -1.66. The van der Waals surface area contributed by atoms with Crippen LogP contribution in [0.2, 0.25) is 0 Å². The number of carboxylic acid groups (broad SMARTS) is 1. The minimum Gasteiger partial charge on any atom is -0.507 e. The molecule has 1 aliphatic rings. The van der Waals surface area contributed by atoms with E-state index in [9.17, 15) is 14.7 Å². The molecule has 0 saturated carbocycles. The van der Waals surface area contributed by atoms with Crippen LogP contribution in [0.4, 0.5) is 0 Å². The van der Waals surface area contributed by atoms with Crippen molar-refractivity contribution in [1.82, 2.24) is 0 Å². The molecule has 35 heavy (non-hydrogen) atoms. The van der Waals surface area contributed by atoms with E-state index in [1.807, 2.05) is 12.1 Å². The number of allylic oxidation sites excluding steroid dienone is 1. The van der Waals surface area contributed by atoms with Crippen LogP contribution >= 0.6 is 0 Å². The number of hydrogen-bond acceptors (Lipinski definition) is 3. The molecule has 0 atom stereocenters. The minimum atomic E-state index is -1.20. The average Bonchev–Trinajstić information content (AvgIpc) is 2.80. The van der Waals surface area contributed by atoms with Crippen LogP contribution in [-0.2, 0) is 10.8 Å². The zero-order chi connectivity index (χ0) is 25.5. The lowest BCUT2D eigenvalue weighted by Crippen LogP contribution is -2.34. The number of benzene rings is 3. The first kappa shape index (κ1) is 24.5. The van der Waals surface area contributed by atoms with Gasteiger partial charge in [0.1, 0.15) is 11.3 Å². The van der Waals surface area contributed by atoms with Gasteiger partial charge >= 0.3 is 5.97 Å². The highest BCUT2D eigenvalue weighted by Gasteiger charge is 2.39. The number of carbonyl (C=O) groups excluding carboxylic acids is 1. The fourth-order valence-electron chi connectivity index (χ4n) is 4.99. The van der Waals surface area contributed by atoms with Gasteiger partial charge in [-0.25, -0.2) is 4.79 Å². The van der Waals surface area contributed by atoms with E-state index < -0.39 is 5.97 Å². The standard InChI is InChI=1S/C31H32O4/c1-19-6-10-21(11-7-19)24-17-22(18-25-28(24)31(4,5)15-14-30(25,2)3)26(32)13-9-20-8-12-23(29(34)35)27(33)16-20/h6-13,16-18,33H,14-15H2,1-5H3,(H,34,35)/b13-9-. The number of fused-ring (bicyclic) bond motifs is 1. The Labute approximate surface area is 207 Å². The highest BCUT2D eigenvalue weighted by Crippen LogP contribution is 2.50. The Kier molecular flexibility index (Phi) is 6.18. The maximum atomic E-state index is 13.3. The average molecular weight is 469 g/mol. The Balaban J connectivity index is 1.81. The van der Waals surface area contributed by atoms with Crippen molar-refractivity contribution in [3.63, 3.8) is 0 Å². The summed E-state index contributed by atoms with van der Waals surface area (Å²) in [6.45, 7) is 11.1. The molecule has 2 N–H and O–H groups in total. The van der Waals surface area contributed by atoms with E-state index in [4.69, 9.17) is 5.11 Å². The van der Waals surface area contributed by atoms with E-state index in [1.54, 1.807) is 12.1 Å². The SMILES string of the molecule is Cc1ccc(-c2cc(C(=O)/C=C\c3ccc(C(=O)O)c(O)c3)cc3c2C(C)(C)CCC3(C)C)cc1. The summed E-state index contributed by atoms with van der Waals surface area (Å²) >= 11 is 0. The number of rotatable bonds is 5. The highest BCUT2D eigenvalue weighted by molar-refractivity contribution is 6.08. The van der Waals surface area contributed by atoms with E-state index in [-0.39, 0.29) is 27.9 Å². The Bertz CT molecular complexity index is 1340. The largest absolute Gasteiger partial charge is 0.507 e. The van der Waals surface area contributed by atoms with Crippen LogP contribution in [-0.4, -0.2) is 22.0 Å². The Morgan fingerprint density at radius 3 is 2.17 bits per heavy atom. The number of aryl methyl sites for hydroxylation is 1. The molecule has 0 heterocycles. The number of aromatic carboxylic acids is 1. The molecule has 3 aromatic carbocycles. The summed E-state index contributed by atoms with van der Waals surface area (Å²) in [5.41, 5.74) is 6.86. The topological polar surface area (TPSA) is 74.6 Å². The zero-order valence-corrected chi connectivity index (χ0v) is 21.0. The number of carbonyl (C=O) groups is 2. The van der Waals surface area contributed by atoms with Gasteiger partial charge in [0, 0.05) is 5.56 Å². The van der Waals surface area contributed by atoms with Crippen LogP contribution in [0, 0.1) is 6.92 Å². The number of aromatic hydroxyl groups is 1. The molecule has 0 radical (unpaired) electrons. The van der Waals surface area contributed by atoms with E-state index in [0.29, 0.717) is 11.1 Å². The van der Waals surface area contributed by atoms with Crippen molar-refractivity contribution in [2.24, 2.45) is 0 Å². The summed E-state index contributed by atoms with van der Waals surface area (Å²) in [7, 11) is 0. The molecule has 0 amide bonds. The fraction of sp³-hybridized carbons (Fsp3) is 0.290. The van der Waals surface area contributed by atoms with Gasteiger partial charge in [0.05, 0.1) is 0 Å². The molecule has 4 rings (SSSR count). The van der Waals surface area contributed by atoms with Crippen LogP contribution < -0.4 is 0 Å². The van der Waals surface area contributed by atoms with Crippen molar-refractivity contribution < 1.29 is 19.8 Å². The first-order valence-corrected chi connectivity index (χ1v) is 11.9. The van der Waals surface area contributed by atoms with Crippen molar-refractivity contribution >= 4 is 17.8 Å². The molecule has 0 aliphatic heterocycles. The summed E-state index contributed by atoms with van der Waals surface area (Å²) in [6, 6.07) is 16.8. The molecule has 0 aromatic heterocycles. The summed E-state index contributed by atoms with van der Waals surface area (Å²) in [5, 5.41) is 19.1. The van der Waals surface area contributed by atoms with Gasteiger partial charge in [0.2, 0.25) is 0 Å². The normalized spacial score (nSPS) is 16.1. The monoisotopic (exact) mass is 468 g/mol. The van der Waals surface area contributed by atoms with E-state index in [1.165, 1.54) is 34.9 Å². The van der Waals surface area contributed by atoms with E-state index in [0.717, 1.165) is 24.0 Å². The lowest BCUT2D eigenvalue weighted by atomic mass is 9.61. The predicted octanol–water partition coefficient (Wildman–Crippen LogP) is 7.31. The van der Waals surface area contributed by atoms with Gasteiger partial charge in [-0.15, -0.1) is 0 Å². The molecule has 180 valence electrons. The molecular weight excluding hydrogens is 436 g/mol. The third kappa shape index (κ3) is 4.79. The second kappa shape index (κ2) is 8.84. The fourth-order valence-corrected chi connectivity index (χ4v) is 4.99. The second-order valence-corrected chi connectivity index (χ2v) is 10.9. The van der Waals surface area contributed by atoms with Crippen LogP contribution in [0.25, 0.3) is 17.2 Å². The van der Waals surface area contributed by atoms with Crippen molar-refractivity contribution in [2.45, 2.75) is 58.3 Å². The van der Waals surface area contributed by atoms with Gasteiger partial charge in [0.25, 0.3) is 0 Å². The van der Waals surface area contributed by atoms with Gasteiger partial charge in [0.15, 0.2) is 5.78 Å². The summed E-state index contributed by atoms with van der Waals surface area (Å²) in [6.07, 6.45) is 5.21. The van der Waals surface area contributed by atoms with Gasteiger partial charge in [-0.1, -0.05) is 69.7 Å². The molecule has 1 aliphatic carbocycles. The molecule has 0 bridgehead atoms. The molecule has 3 aromatic rings. The Morgan fingerprint density at radius 2 is 1.54 bits per heavy atom. The third-order valence-corrected chi connectivity index (χ3v) is 7.25. The van der Waals surface area contributed by atoms with E-state index >= 15 is 0 Å². The molecular formula is C31H32O4. The number of phenols is 1. The minimum absolute atomic E-state index is 0.00803. The first-order chi connectivity index (χ1) is 16.4.